The zero-order valence-electron chi connectivity index (χ0n) is 15.8. The number of fused-ring (bicyclic) bond motifs is 3. The summed E-state index contributed by atoms with van der Waals surface area (Å²) in [6, 6.07) is 13.6. The molecular formula is C22H29NO2. The van der Waals surface area contributed by atoms with Crippen LogP contribution in [0.1, 0.15) is 44.2 Å². The highest BCUT2D eigenvalue weighted by Crippen LogP contribution is 2.39. The first-order valence-electron chi connectivity index (χ1n) is 9.37. The van der Waals surface area contributed by atoms with E-state index in [0.717, 1.165) is 24.6 Å². The summed E-state index contributed by atoms with van der Waals surface area (Å²) in [4.78, 5) is 2.62. The van der Waals surface area contributed by atoms with Gasteiger partial charge in [0.1, 0.15) is 11.5 Å². The van der Waals surface area contributed by atoms with E-state index in [1.54, 1.807) is 14.2 Å². The Labute approximate surface area is 151 Å². The minimum absolute atomic E-state index is 0.714. The molecule has 3 heteroatoms. The van der Waals surface area contributed by atoms with Crippen LogP contribution in [0.4, 0.5) is 0 Å². The number of hydrogen-bond donors (Lipinski definition) is 0. The highest BCUT2D eigenvalue weighted by Gasteiger charge is 2.29. The number of rotatable bonds is 3. The first-order chi connectivity index (χ1) is 12.3. The highest BCUT2D eigenvalue weighted by molar-refractivity contribution is 5.73. The molecule has 0 spiro atoms. The number of nitrogens with zero attached hydrogens (tertiary/aromatic N) is 1. The summed E-state index contributed by atoms with van der Waals surface area (Å²) in [7, 11) is 3.47. The van der Waals surface area contributed by atoms with Gasteiger partial charge in [-0.2, -0.15) is 0 Å². The minimum Gasteiger partial charge on any atom is -0.497 e. The van der Waals surface area contributed by atoms with Crippen LogP contribution in [0.25, 0.3) is 11.1 Å². The maximum absolute atomic E-state index is 5.44. The van der Waals surface area contributed by atoms with Gasteiger partial charge < -0.3 is 9.47 Å². The highest BCUT2D eigenvalue weighted by atomic mass is 16.5. The fourth-order valence-electron chi connectivity index (χ4n) is 3.68. The molecule has 1 fully saturated rings. The van der Waals surface area contributed by atoms with Gasteiger partial charge in [-0.15, -0.1) is 0 Å². The summed E-state index contributed by atoms with van der Waals surface area (Å²) in [6.45, 7) is 5.99. The van der Waals surface area contributed by atoms with Crippen molar-refractivity contribution >= 4 is 0 Å². The lowest BCUT2D eigenvalue weighted by molar-refractivity contribution is 0.113. The molecule has 0 unspecified atom stereocenters. The summed E-state index contributed by atoms with van der Waals surface area (Å²) in [5.41, 5.74) is 5.37. The number of ether oxygens (including phenoxy) is 2. The summed E-state index contributed by atoms with van der Waals surface area (Å²) < 4.78 is 10.9. The van der Waals surface area contributed by atoms with E-state index in [4.69, 9.17) is 9.47 Å². The van der Waals surface area contributed by atoms with Crippen LogP contribution in [0.3, 0.4) is 0 Å². The monoisotopic (exact) mass is 339 g/mol. The fourth-order valence-corrected chi connectivity index (χ4v) is 3.68. The van der Waals surface area contributed by atoms with Gasteiger partial charge >= 0.3 is 0 Å². The van der Waals surface area contributed by atoms with E-state index in [-0.39, 0.29) is 0 Å². The molecule has 25 heavy (non-hydrogen) atoms. The maximum atomic E-state index is 5.44. The molecule has 0 radical (unpaired) electrons. The largest absolute Gasteiger partial charge is 0.497 e. The van der Waals surface area contributed by atoms with Crippen molar-refractivity contribution in [1.82, 2.24) is 4.90 Å². The quantitative estimate of drug-likeness (QED) is 0.761. The standard InChI is InChI=1S/C20H23NO2.C2H6/c1-22-17-6-8-19-14(10-17)12-21(16-4-3-5-16)13-15-11-18(23-2)7-9-20(15)19;1-2/h6-11,16H,3-5,12-13H2,1-2H3;1-2H3. The first kappa shape index (κ1) is 17.8. The topological polar surface area (TPSA) is 21.7 Å². The van der Waals surface area contributed by atoms with Gasteiger partial charge in [-0.1, -0.05) is 32.4 Å². The van der Waals surface area contributed by atoms with Crippen LogP contribution in [-0.4, -0.2) is 25.2 Å². The molecule has 2 aromatic carbocycles. The molecule has 3 nitrogen and oxygen atoms in total. The van der Waals surface area contributed by atoms with E-state index in [1.165, 1.54) is 41.5 Å². The van der Waals surface area contributed by atoms with E-state index in [9.17, 15) is 0 Å². The van der Waals surface area contributed by atoms with Gasteiger partial charge in [0.05, 0.1) is 14.2 Å². The van der Waals surface area contributed by atoms with Crippen LogP contribution in [0.15, 0.2) is 36.4 Å². The van der Waals surface area contributed by atoms with Crippen molar-refractivity contribution in [1.29, 1.82) is 0 Å². The molecule has 0 saturated heterocycles. The summed E-state index contributed by atoms with van der Waals surface area (Å²) >= 11 is 0. The molecule has 1 aliphatic heterocycles. The van der Waals surface area contributed by atoms with E-state index in [1.807, 2.05) is 13.8 Å². The van der Waals surface area contributed by atoms with Crippen molar-refractivity contribution in [3.8, 4) is 22.6 Å². The van der Waals surface area contributed by atoms with Crippen LogP contribution in [0.2, 0.25) is 0 Å². The van der Waals surface area contributed by atoms with Crippen molar-refractivity contribution in [2.75, 3.05) is 14.2 Å². The first-order valence-corrected chi connectivity index (χ1v) is 9.37. The second kappa shape index (κ2) is 7.92. The summed E-state index contributed by atoms with van der Waals surface area (Å²) in [6.07, 6.45) is 3.99. The lowest BCUT2D eigenvalue weighted by atomic mass is 9.91. The van der Waals surface area contributed by atoms with Crippen LogP contribution < -0.4 is 9.47 Å². The second-order valence-electron chi connectivity index (χ2n) is 6.54. The smallest absolute Gasteiger partial charge is 0.119 e. The van der Waals surface area contributed by atoms with Gasteiger partial charge in [0.25, 0.3) is 0 Å². The number of methoxy groups -OCH3 is 2. The normalized spacial score (nSPS) is 16.5. The molecule has 0 amide bonds. The Kier molecular flexibility index (Phi) is 5.64. The lowest BCUT2D eigenvalue weighted by Crippen LogP contribution is -2.38. The molecule has 0 bridgehead atoms. The molecule has 4 rings (SSSR count). The summed E-state index contributed by atoms with van der Waals surface area (Å²) in [5.74, 6) is 1.88. The maximum Gasteiger partial charge on any atom is 0.119 e. The van der Waals surface area contributed by atoms with Crippen molar-refractivity contribution in [3.05, 3.63) is 47.5 Å². The lowest BCUT2D eigenvalue weighted by Gasteiger charge is -2.37. The third-order valence-corrected chi connectivity index (χ3v) is 5.25. The minimum atomic E-state index is 0.714. The molecule has 1 aliphatic carbocycles. The van der Waals surface area contributed by atoms with Gasteiger partial charge in [0.2, 0.25) is 0 Å². The molecule has 2 aliphatic rings. The predicted molar refractivity (Wildman–Crippen MR) is 103 cm³/mol. The molecule has 0 N–H and O–H groups in total. The molecule has 134 valence electrons. The molecule has 1 heterocycles. The van der Waals surface area contributed by atoms with Gasteiger partial charge in [0.15, 0.2) is 0 Å². The second-order valence-corrected chi connectivity index (χ2v) is 6.54. The Hall–Kier alpha value is -2.00. The molecule has 0 aromatic heterocycles. The molecular weight excluding hydrogens is 310 g/mol. The van der Waals surface area contributed by atoms with Crippen molar-refractivity contribution in [3.63, 3.8) is 0 Å². The molecule has 2 aromatic rings. The Balaban J connectivity index is 0.000000880. The predicted octanol–water partition coefficient (Wildman–Crippen LogP) is 5.27. The van der Waals surface area contributed by atoms with Crippen molar-refractivity contribution in [2.24, 2.45) is 0 Å². The zero-order chi connectivity index (χ0) is 17.8. The number of benzene rings is 2. The fraction of sp³-hybridized carbons (Fsp3) is 0.455. The van der Waals surface area contributed by atoms with Gasteiger partial charge in [-0.05, 0) is 59.4 Å². The van der Waals surface area contributed by atoms with Crippen molar-refractivity contribution in [2.45, 2.75) is 52.2 Å². The molecule has 0 atom stereocenters. The summed E-state index contributed by atoms with van der Waals surface area (Å²) in [5, 5.41) is 0. The Morgan fingerprint density at radius 3 is 1.64 bits per heavy atom. The van der Waals surface area contributed by atoms with Crippen LogP contribution in [0, 0.1) is 0 Å². The third-order valence-electron chi connectivity index (χ3n) is 5.25. The van der Waals surface area contributed by atoms with Gasteiger partial charge in [0, 0.05) is 19.1 Å². The van der Waals surface area contributed by atoms with E-state index >= 15 is 0 Å². The Morgan fingerprint density at radius 2 is 1.28 bits per heavy atom. The van der Waals surface area contributed by atoms with Crippen LogP contribution in [-0.2, 0) is 13.1 Å². The SMILES string of the molecule is CC.COc1ccc2c(c1)CN(C1CCC1)Cc1cc(OC)ccc1-2. The van der Waals surface area contributed by atoms with E-state index in [2.05, 4.69) is 41.3 Å². The van der Waals surface area contributed by atoms with Crippen LogP contribution in [0.5, 0.6) is 11.5 Å². The number of hydrogen-bond acceptors (Lipinski definition) is 3. The van der Waals surface area contributed by atoms with Crippen molar-refractivity contribution < 1.29 is 9.47 Å². The van der Waals surface area contributed by atoms with Gasteiger partial charge in [-0.3, -0.25) is 4.90 Å². The van der Waals surface area contributed by atoms with Crippen LogP contribution >= 0.6 is 0 Å². The average Bonchev–Trinajstić information content (AvgIpc) is 2.77. The Bertz CT molecular complexity index is 666. The average molecular weight is 339 g/mol. The van der Waals surface area contributed by atoms with Gasteiger partial charge in [-0.25, -0.2) is 0 Å². The van der Waals surface area contributed by atoms with E-state index < -0.39 is 0 Å². The van der Waals surface area contributed by atoms with E-state index in [0.29, 0.717) is 6.04 Å². The zero-order valence-corrected chi connectivity index (χ0v) is 15.8. The third kappa shape index (κ3) is 3.52. The Morgan fingerprint density at radius 1 is 0.800 bits per heavy atom. The molecule has 1 saturated carbocycles.